The van der Waals surface area contributed by atoms with Crippen molar-refractivity contribution < 1.29 is 187 Å². The van der Waals surface area contributed by atoms with Gasteiger partial charge in [0.25, 0.3) is 0 Å². The normalized spacial score (nSPS) is 16.8. The minimum Gasteiger partial charge on any atom is -0.248 e. The highest BCUT2D eigenvalue weighted by atomic mass is 19.4. The van der Waals surface area contributed by atoms with Crippen LogP contribution in [0.4, 0.5) is 154 Å². The van der Waals surface area contributed by atoms with Gasteiger partial charge in [-0.3, -0.25) is 0 Å². The summed E-state index contributed by atoms with van der Waals surface area (Å²) in [6, 6.07) is 0. The monoisotopic (exact) mass is 996 g/mol. The van der Waals surface area contributed by atoms with Crippen LogP contribution in [0.1, 0.15) is 6.92 Å². The molecule has 7 nitrogen and oxygen atoms in total. The molecule has 0 aromatic heterocycles. The topological polar surface area (TPSA) is 64.6 Å². The number of hydrogen-bond acceptors (Lipinski definition) is 7. The van der Waals surface area contributed by atoms with Gasteiger partial charge >= 0.3 is 104 Å². The van der Waals surface area contributed by atoms with Crippen LogP contribution in [0.3, 0.4) is 0 Å². The first-order valence-corrected chi connectivity index (χ1v) is 12.2. The van der Waals surface area contributed by atoms with Crippen molar-refractivity contribution in [2.24, 2.45) is 0 Å². The fourth-order valence-electron chi connectivity index (χ4n) is 2.33. The number of rotatable bonds is 22. The predicted octanol–water partition coefficient (Wildman–Crippen LogP) is 11.3. The Labute approximate surface area is 299 Å². The standard InChI is InChI=1S/C18H3F35O7/c1-2(19,20)54-7(30,31)8(32,33)56-11(38,39)12(40,41)58-15(46,47)16(48,49)60-18(52,53)17(50,51)59-14(44,45)13(42,43)57-10(36,37)9(34,35)55-6(28,29)4(23,24)3(21,22)5(25,26)27/h1H3. The van der Waals surface area contributed by atoms with Crippen LogP contribution in [-0.2, 0) is 33.2 Å². The fraction of sp³-hybridized carbons (Fsp3) is 1.00. The Hall–Kier alpha value is -2.73. The highest BCUT2D eigenvalue weighted by molar-refractivity contribution is 4.97. The van der Waals surface area contributed by atoms with E-state index >= 15 is 0 Å². The van der Waals surface area contributed by atoms with Crippen LogP contribution < -0.4 is 0 Å². The van der Waals surface area contributed by atoms with Crippen LogP contribution in [0.15, 0.2) is 0 Å². The molecule has 0 saturated heterocycles. The minimum absolute atomic E-state index is 0.892. The first-order chi connectivity index (χ1) is 25.2. The van der Waals surface area contributed by atoms with Crippen molar-refractivity contribution in [3.05, 3.63) is 0 Å². The third-order valence-electron chi connectivity index (χ3n) is 4.99. The summed E-state index contributed by atoms with van der Waals surface area (Å²) in [7, 11) is 0. The van der Waals surface area contributed by atoms with E-state index in [0.717, 1.165) is 23.7 Å². The molecule has 0 atom stereocenters. The van der Waals surface area contributed by atoms with Gasteiger partial charge in [0.05, 0.1) is 0 Å². The summed E-state index contributed by atoms with van der Waals surface area (Å²) in [5.74, 6) is -16.9. The Morgan fingerprint density at radius 1 is 0.183 bits per heavy atom. The van der Waals surface area contributed by atoms with E-state index in [2.05, 4.69) is 0 Å². The molecule has 0 saturated carbocycles. The van der Waals surface area contributed by atoms with Crippen LogP contribution in [0, 0.1) is 0 Å². The van der Waals surface area contributed by atoms with E-state index < -0.39 is 110 Å². The Morgan fingerprint density at radius 3 is 0.450 bits per heavy atom. The molecule has 0 N–H and O–H groups in total. The molecule has 0 heterocycles. The molecule has 0 bridgehead atoms. The van der Waals surface area contributed by atoms with Gasteiger partial charge in [-0.05, 0) is 0 Å². The van der Waals surface area contributed by atoms with E-state index in [-0.39, 0.29) is 0 Å². The molecule has 0 spiro atoms. The van der Waals surface area contributed by atoms with Crippen molar-refractivity contribution in [1.82, 2.24) is 0 Å². The van der Waals surface area contributed by atoms with Crippen molar-refractivity contribution in [1.29, 1.82) is 0 Å². The molecule has 42 heteroatoms. The Morgan fingerprint density at radius 2 is 0.317 bits per heavy atom. The molecule has 0 radical (unpaired) electrons. The summed E-state index contributed by atoms with van der Waals surface area (Å²) in [6.07, 6.45) is -122. The summed E-state index contributed by atoms with van der Waals surface area (Å²) in [6.45, 7) is -0.928. The van der Waals surface area contributed by atoms with Gasteiger partial charge in [-0.25, -0.2) is 33.2 Å². The Bertz CT molecular complexity index is 1480. The predicted molar refractivity (Wildman–Crippen MR) is 98.5 cm³/mol. The van der Waals surface area contributed by atoms with Crippen LogP contribution in [-0.4, -0.2) is 104 Å². The van der Waals surface area contributed by atoms with Crippen molar-refractivity contribution in [2.75, 3.05) is 0 Å². The maximum atomic E-state index is 13.5. The highest BCUT2D eigenvalue weighted by Crippen LogP contribution is 2.58. The van der Waals surface area contributed by atoms with Crippen LogP contribution in [0.25, 0.3) is 0 Å². The van der Waals surface area contributed by atoms with Gasteiger partial charge in [0.1, 0.15) is 0 Å². The van der Waals surface area contributed by atoms with E-state index in [1.54, 1.807) is 0 Å². The number of halogens is 35. The maximum absolute atomic E-state index is 13.5. The summed E-state index contributed by atoms with van der Waals surface area (Å²) in [4.78, 5) is 0. The Balaban J connectivity index is 6.52. The van der Waals surface area contributed by atoms with Gasteiger partial charge in [-0.2, -0.15) is 154 Å². The second kappa shape index (κ2) is 15.2. The molecule has 0 aromatic carbocycles. The number of hydrogen-bond donors (Lipinski definition) is 0. The quantitative estimate of drug-likeness (QED) is 0.100. The zero-order valence-corrected chi connectivity index (χ0v) is 25.6. The molecule has 0 amide bonds. The summed E-state index contributed by atoms with van der Waals surface area (Å²) >= 11 is 0. The first kappa shape index (κ1) is 57.3. The minimum atomic E-state index is -8.58. The molecule has 60 heavy (non-hydrogen) atoms. The smallest absolute Gasteiger partial charge is 0.248 e. The van der Waals surface area contributed by atoms with Gasteiger partial charge in [-0.1, -0.05) is 0 Å². The lowest BCUT2D eigenvalue weighted by molar-refractivity contribution is -0.599. The SMILES string of the molecule is CC(F)(F)OC(F)(F)C(F)(F)OC(F)(F)C(F)(F)OC(F)(F)C(F)(F)OC(F)(F)C(F)(F)OC(F)(F)C(F)(F)OC(F)(F)C(F)(F)OC(F)(F)C(F)(F)C(F)(F)C(F)(F)F. The summed E-state index contributed by atoms with van der Waals surface area (Å²) < 4.78 is 467. The lowest BCUT2D eigenvalue weighted by atomic mass is 10.1. The average Bonchev–Trinajstić information content (AvgIpc) is 2.86. The van der Waals surface area contributed by atoms with E-state index in [0.29, 0.717) is 0 Å². The second-order valence-electron chi connectivity index (χ2n) is 9.89. The van der Waals surface area contributed by atoms with E-state index in [9.17, 15) is 154 Å². The highest BCUT2D eigenvalue weighted by Gasteiger charge is 2.86. The van der Waals surface area contributed by atoms with Gasteiger partial charge in [-0.15, -0.1) is 0 Å². The number of ether oxygens (including phenoxy) is 7. The molecule has 0 fully saturated rings. The lowest BCUT2D eigenvalue weighted by Crippen LogP contribution is -2.65. The molecular weight excluding hydrogens is 993 g/mol. The van der Waals surface area contributed by atoms with E-state index in [1.165, 1.54) is 4.74 Å². The van der Waals surface area contributed by atoms with Gasteiger partial charge in [0.15, 0.2) is 0 Å². The largest absolute Gasteiger partial charge is 0.460 e. The summed E-state index contributed by atoms with van der Waals surface area (Å²) in [5.41, 5.74) is 0. The van der Waals surface area contributed by atoms with Gasteiger partial charge in [0.2, 0.25) is 0 Å². The van der Waals surface area contributed by atoms with Gasteiger partial charge in [0, 0.05) is 6.92 Å². The van der Waals surface area contributed by atoms with Gasteiger partial charge < -0.3 is 0 Å². The molecule has 0 aliphatic heterocycles. The molecule has 0 rings (SSSR count). The maximum Gasteiger partial charge on any atom is 0.460 e. The molecule has 0 unspecified atom stereocenters. The Kier molecular flexibility index (Phi) is 14.5. The van der Waals surface area contributed by atoms with Crippen LogP contribution in [0.5, 0.6) is 0 Å². The van der Waals surface area contributed by atoms with Crippen molar-refractivity contribution in [2.45, 2.75) is 110 Å². The molecule has 362 valence electrons. The molecule has 0 aliphatic rings. The van der Waals surface area contributed by atoms with Crippen LogP contribution >= 0.6 is 0 Å². The van der Waals surface area contributed by atoms with Crippen LogP contribution in [0.2, 0.25) is 0 Å². The molecular formula is C18H3F35O7. The second-order valence-corrected chi connectivity index (χ2v) is 9.89. The average molecular weight is 996 g/mol. The molecule has 0 aromatic rings. The zero-order valence-electron chi connectivity index (χ0n) is 25.6. The van der Waals surface area contributed by atoms with E-state index in [4.69, 9.17) is 0 Å². The lowest BCUT2D eigenvalue weighted by Gasteiger charge is -2.38. The zero-order chi connectivity index (χ0) is 49.4. The van der Waals surface area contributed by atoms with Crippen molar-refractivity contribution >= 4 is 0 Å². The fourth-order valence-corrected chi connectivity index (χ4v) is 2.33. The van der Waals surface area contributed by atoms with Crippen molar-refractivity contribution in [3.8, 4) is 0 Å². The third kappa shape index (κ3) is 11.3. The van der Waals surface area contributed by atoms with Crippen molar-refractivity contribution in [3.63, 3.8) is 0 Å². The molecule has 0 aliphatic carbocycles. The van der Waals surface area contributed by atoms with E-state index in [1.807, 2.05) is 4.74 Å². The third-order valence-corrected chi connectivity index (χ3v) is 4.99. The summed E-state index contributed by atoms with van der Waals surface area (Å²) in [5, 5.41) is 0. The first-order valence-electron chi connectivity index (χ1n) is 12.2. The number of alkyl halides is 35.